The second-order valence-corrected chi connectivity index (χ2v) is 12.9. The summed E-state index contributed by atoms with van der Waals surface area (Å²) >= 11 is 0. The summed E-state index contributed by atoms with van der Waals surface area (Å²) in [6.07, 6.45) is 1.20. The van der Waals surface area contributed by atoms with Crippen molar-refractivity contribution in [2.45, 2.75) is 59.7 Å². The van der Waals surface area contributed by atoms with Gasteiger partial charge in [0.05, 0.1) is 17.1 Å². The number of anilines is 1. The third kappa shape index (κ3) is 5.36. The van der Waals surface area contributed by atoms with Gasteiger partial charge in [-0.1, -0.05) is 6.07 Å². The van der Waals surface area contributed by atoms with Crippen LogP contribution in [-0.2, 0) is 22.3 Å². The van der Waals surface area contributed by atoms with Gasteiger partial charge in [-0.05, 0) is 86.8 Å². The molecule has 5 aromatic rings. The molecular formula is C34H32F3N7O3. The molecule has 2 aliphatic carbocycles. The molecule has 13 heteroatoms. The Hall–Kier alpha value is -4.94. The van der Waals surface area contributed by atoms with Gasteiger partial charge in [0.15, 0.2) is 17.2 Å². The first-order valence-corrected chi connectivity index (χ1v) is 15.5. The zero-order chi connectivity index (χ0) is 33.4. The summed E-state index contributed by atoms with van der Waals surface area (Å²) in [6.45, 7) is 6.63. The van der Waals surface area contributed by atoms with E-state index in [-0.39, 0.29) is 41.5 Å². The van der Waals surface area contributed by atoms with Gasteiger partial charge in [0, 0.05) is 42.3 Å². The van der Waals surface area contributed by atoms with Crippen molar-refractivity contribution >= 4 is 39.8 Å². The maximum absolute atomic E-state index is 14.1. The van der Waals surface area contributed by atoms with E-state index in [4.69, 9.17) is 0 Å². The highest BCUT2D eigenvalue weighted by molar-refractivity contribution is 6.07. The smallest absolute Gasteiger partial charge is 0.310 e. The number of nitrogens with zero attached hydrogens (tertiary/aromatic N) is 6. The molecule has 1 aromatic carbocycles. The van der Waals surface area contributed by atoms with Crippen LogP contribution in [0.3, 0.4) is 0 Å². The van der Waals surface area contributed by atoms with Gasteiger partial charge in [-0.3, -0.25) is 19.1 Å². The molecule has 1 N–H and O–H groups in total. The van der Waals surface area contributed by atoms with Crippen molar-refractivity contribution in [2.75, 3.05) is 5.32 Å². The maximum atomic E-state index is 14.1. The standard InChI is InChI=1S/C34H32F3N7O3/c1-16-5-8-26(34(35,36)37)39-32(16)40-33(47)29-21-7-6-20(11-21)28(29)25(46)15-44-31-17(2)9-22(12-24(31)30(42-44)19(4)45)23-13-38-27-10-18(3)41-43(27)14-23/h5,8-10,12-14,20-21,28-29H,6-7,11,15H2,1-4H3,(H,39,40,47)/t20?,21?,28?,29-/m0/s1. The number of hydrogen-bond donors (Lipinski definition) is 1. The van der Waals surface area contributed by atoms with E-state index in [1.54, 1.807) is 22.3 Å². The molecule has 242 valence electrons. The molecule has 2 aliphatic rings. The monoisotopic (exact) mass is 643 g/mol. The number of nitrogens with one attached hydrogen (secondary N) is 1. The van der Waals surface area contributed by atoms with E-state index < -0.39 is 29.6 Å². The lowest BCUT2D eigenvalue weighted by molar-refractivity contribution is -0.141. The predicted molar refractivity (Wildman–Crippen MR) is 167 cm³/mol. The van der Waals surface area contributed by atoms with E-state index >= 15 is 0 Å². The Kier molecular flexibility index (Phi) is 7.25. The number of carbonyl (C=O) groups excluding carboxylic acids is 3. The van der Waals surface area contributed by atoms with Gasteiger partial charge in [0.2, 0.25) is 5.91 Å². The first kappa shape index (κ1) is 30.7. The van der Waals surface area contributed by atoms with Gasteiger partial charge < -0.3 is 5.32 Å². The number of aryl methyl sites for hydroxylation is 3. The zero-order valence-corrected chi connectivity index (χ0v) is 26.2. The zero-order valence-electron chi connectivity index (χ0n) is 26.2. The molecule has 0 saturated heterocycles. The SMILES string of the molecule is CC(=O)c1nn(CC(=O)C2C3CCC(C3)[C@@H]2C(=O)Nc2nc(C(F)(F)F)ccc2C)c2c(C)cc(-c3cnc4cc(C)nn4c3)cc12. The minimum Gasteiger partial charge on any atom is -0.310 e. The van der Waals surface area contributed by atoms with Crippen LogP contribution in [0.5, 0.6) is 0 Å². The molecule has 4 heterocycles. The Morgan fingerprint density at radius 1 is 0.957 bits per heavy atom. The highest BCUT2D eigenvalue weighted by atomic mass is 19.4. The van der Waals surface area contributed by atoms with Crippen molar-refractivity contribution in [1.82, 2.24) is 29.4 Å². The van der Waals surface area contributed by atoms with E-state index in [0.717, 1.165) is 41.3 Å². The van der Waals surface area contributed by atoms with Crippen LogP contribution in [0.1, 0.15) is 59.2 Å². The molecule has 2 bridgehead atoms. The van der Waals surface area contributed by atoms with Gasteiger partial charge >= 0.3 is 6.18 Å². The maximum Gasteiger partial charge on any atom is 0.433 e. The van der Waals surface area contributed by atoms with Gasteiger partial charge in [0.1, 0.15) is 23.8 Å². The van der Waals surface area contributed by atoms with Crippen molar-refractivity contribution in [3.05, 3.63) is 70.9 Å². The minimum atomic E-state index is -4.66. The summed E-state index contributed by atoms with van der Waals surface area (Å²) in [6, 6.07) is 7.84. The van der Waals surface area contributed by atoms with Gasteiger partial charge in [-0.25, -0.2) is 14.5 Å². The fraction of sp³-hybridized carbons (Fsp3) is 0.382. The van der Waals surface area contributed by atoms with E-state index in [1.165, 1.54) is 13.0 Å². The lowest BCUT2D eigenvalue weighted by atomic mass is 9.76. The van der Waals surface area contributed by atoms with Gasteiger partial charge in [-0.2, -0.15) is 23.4 Å². The topological polar surface area (TPSA) is 124 Å². The van der Waals surface area contributed by atoms with Crippen LogP contribution in [0.25, 0.3) is 27.7 Å². The number of rotatable bonds is 7. The number of alkyl halides is 3. The third-order valence-corrected chi connectivity index (χ3v) is 9.66. The number of ketones is 2. The number of amides is 1. The minimum absolute atomic E-state index is 0.0195. The van der Waals surface area contributed by atoms with Crippen LogP contribution in [0.4, 0.5) is 19.0 Å². The summed E-state index contributed by atoms with van der Waals surface area (Å²) in [5.74, 6) is -2.52. The summed E-state index contributed by atoms with van der Waals surface area (Å²) in [5.41, 5.74) is 4.13. The van der Waals surface area contributed by atoms with Crippen molar-refractivity contribution < 1.29 is 27.6 Å². The molecule has 7 rings (SSSR count). The lowest BCUT2D eigenvalue weighted by Gasteiger charge is -2.29. The molecule has 10 nitrogen and oxygen atoms in total. The Labute approximate surface area is 267 Å². The molecular weight excluding hydrogens is 611 g/mol. The van der Waals surface area contributed by atoms with Crippen molar-refractivity contribution in [3.63, 3.8) is 0 Å². The molecule has 4 atom stereocenters. The predicted octanol–water partition coefficient (Wildman–Crippen LogP) is 6.16. The number of pyridine rings is 1. The highest BCUT2D eigenvalue weighted by Crippen LogP contribution is 2.53. The van der Waals surface area contributed by atoms with Crippen LogP contribution in [-0.4, -0.2) is 46.8 Å². The first-order chi connectivity index (χ1) is 22.3. The van der Waals surface area contributed by atoms with Crippen molar-refractivity contribution in [3.8, 4) is 11.1 Å². The molecule has 4 aromatic heterocycles. The second kappa shape index (κ2) is 11.1. The van der Waals surface area contributed by atoms with E-state index in [0.29, 0.717) is 28.5 Å². The highest BCUT2D eigenvalue weighted by Gasteiger charge is 2.53. The largest absolute Gasteiger partial charge is 0.433 e. The Morgan fingerprint density at radius 2 is 1.70 bits per heavy atom. The van der Waals surface area contributed by atoms with Crippen molar-refractivity contribution in [1.29, 1.82) is 0 Å². The van der Waals surface area contributed by atoms with E-state index in [1.807, 2.05) is 38.2 Å². The molecule has 2 saturated carbocycles. The molecule has 2 fully saturated rings. The Morgan fingerprint density at radius 3 is 2.43 bits per heavy atom. The summed E-state index contributed by atoms with van der Waals surface area (Å²) in [4.78, 5) is 48.6. The van der Waals surface area contributed by atoms with Crippen LogP contribution >= 0.6 is 0 Å². The van der Waals surface area contributed by atoms with Crippen LogP contribution in [0.15, 0.2) is 42.7 Å². The first-order valence-electron chi connectivity index (χ1n) is 15.5. The van der Waals surface area contributed by atoms with E-state index in [2.05, 4.69) is 25.5 Å². The molecule has 47 heavy (non-hydrogen) atoms. The summed E-state index contributed by atoms with van der Waals surface area (Å²) < 4.78 is 43.3. The summed E-state index contributed by atoms with van der Waals surface area (Å²) in [5, 5.41) is 12.2. The number of halogens is 3. The van der Waals surface area contributed by atoms with Crippen LogP contribution in [0.2, 0.25) is 0 Å². The molecule has 0 radical (unpaired) electrons. The lowest BCUT2D eigenvalue weighted by Crippen LogP contribution is -2.39. The van der Waals surface area contributed by atoms with Crippen LogP contribution in [0, 0.1) is 44.4 Å². The fourth-order valence-electron chi connectivity index (χ4n) is 7.61. The number of benzene rings is 1. The quantitative estimate of drug-likeness (QED) is 0.211. The third-order valence-electron chi connectivity index (χ3n) is 9.66. The normalized spacial score (nSPS) is 20.7. The molecule has 0 spiro atoms. The number of aromatic nitrogens is 6. The number of carbonyl (C=O) groups is 3. The van der Waals surface area contributed by atoms with Gasteiger partial charge in [-0.15, -0.1) is 0 Å². The average molecular weight is 644 g/mol. The number of fused-ring (bicyclic) bond motifs is 4. The van der Waals surface area contributed by atoms with Crippen LogP contribution < -0.4 is 5.32 Å². The average Bonchev–Trinajstić information content (AvgIpc) is 3.79. The fourth-order valence-corrected chi connectivity index (χ4v) is 7.61. The second-order valence-electron chi connectivity index (χ2n) is 12.9. The number of Topliss-reactive ketones (excluding diaryl/α,β-unsaturated/α-hetero) is 2. The molecule has 0 aliphatic heterocycles. The molecule has 1 amide bonds. The molecule has 3 unspecified atom stereocenters. The summed E-state index contributed by atoms with van der Waals surface area (Å²) in [7, 11) is 0. The number of hydrogen-bond acceptors (Lipinski definition) is 7. The van der Waals surface area contributed by atoms with Gasteiger partial charge in [0.25, 0.3) is 0 Å². The van der Waals surface area contributed by atoms with Crippen molar-refractivity contribution in [2.24, 2.45) is 23.7 Å². The van der Waals surface area contributed by atoms with E-state index in [9.17, 15) is 27.6 Å². The Balaban J connectivity index is 1.20. The Bertz CT molecular complexity index is 2120.